The number of ketones is 2. The normalized spacial score (nSPS) is 16.9. The zero-order valence-electron chi connectivity index (χ0n) is 39.0. The molecule has 0 saturated carbocycles. The second-order valence-electron chi connectivity index (χ2n) is 18.5. The van der Waals surface area contributed by atoms with E-state index < -0.39 is 0 Å². The molecule has 2 aliphatic carbocycles. The molecule has 6 heteroatoms. The van der Waals surface area contributed by atoms with Gasteiger partial charge in [-0.05, 0) is 37.5 Å². The van der Waals surface area contributed by atoms with Crippen molar-refractivity contribution < 1.29 is 19.1 Å². The lowest BCUT2D eigenvalue weighted by Gasteiger charge is -2.29. The lowest BCUT2D eigenvalue weighted by atomic mass is 9.84. The summed E-state index contributed by atoms with van der Waals surface area (Å²) >= 11 is 4.50. The number of hydrogen-bond acceptors (Lipinski definition) is 4. The van der Waals surface area contributed by atoms with Crippen LogP contribution in [0, 0.1) is 11.8 Å². The first-order valence-corrected chi connectivity index (χ1v) is 28.1. The largest absolute Gasteiger partial charge is 0.492 e. The van der Waals surface area contributed by atoms with Crippen molar-refractivity contribution in [2.24, 2.45) is 11.8 Å². The summed E-state index contributed by atoms with van der Waals surface area (Å²) in [6, 6.07) is 0. The molecule has 3 rings (SSSR count). The van der Waals surface area contributed by atoms with Gasteiger partial charge in [0.2, 0.25) is 0 Å². The highest BCUT2D eigenvalue weighted by molar-refractivity contribution is 14.1. The Labute approximate surface area is 397 Å². The molecule has 1 aromatic rings. The molecule has 60 heavy (non-hydrogen) atoms. The Kier molecular flexibility index (Phi) is 29.9. The molecule has 0 radical (unpaired) electrons. The van der Waals surface area contributed by atoms with Gasteiger partial charge in [0.15, 0.2) is 11.6 Å². The molecule has 0 spiro atoms. The van der Waals surface area contributed by atoms with E-state index in [0.29, 0.717) is 47.7 Å². The maximum Gasteiger partial charge on any atom is 0.183 e. The highest BCUT2D eigenvalue weighted by Gasteiger charge is 2.37. The second-order valence-corrected chi connectivity index (χ2v) is 21.2. The topological polar surface area (TPSA) is 52.6 Å². The Hall–Kier alpha value is -0.900. The number of allylic oxidation sites excluding steroid dienone is 2. The van der Waals surface area contributed by atoms with Crippen LogP contribution in [0.3, 0.4) is 0 Å². The van der Waals surface area contributed by atoms with E-state index in [1.165, 1.54) is 180 Å². The van der Waals surface area contributed by atoms with E-state index in [1.54, 1.807) is 0 Å². The van der Waals surface area contributed by atoms with E-state index in [9.17, 15) is 9.59 Å². The van der Waals surface area contributed by atoms with E-state index in [2.05, 4.69) is 85.0 Å². The Balaban J connectivity index is 1.85. The number of benzene rings is 1. The number of hydrogen-bond donors (Lipinski definition) is 0. The summed E-state index contributed by atoms with van der Waals surface area (Å²) in [5.41, 5.74) is 2.76. The van der Waals surface area contributed by atoms with E-state index >= 15 is 0 Å². The Morgan fingerprint density at radius 1 is 0.417 bits per heavy atom. The van der Waals surface area contributed by atoms with Gasteiger partial charge in [-0.3, -0.25) is 9.59 Å². The Morgan fingerprint density at radius 2 is 0.667 bits per heavy atom. The third kappa shape index (κ3) is 19.9. The summed E-state index contributed by atoms with van der Waals surface area (Å²) in [4.78, 5) is 28.5. The highest BCUT2D eigenvalue weighted by atomic mass is 127. The monoisotopic (exact) mass is 1050 g/mol. The first-order valence-electron chi connectivity index (χ1n) is 25.6. The minimum Gasteiger partial charge on any atom is -0.492 e. The zero-order chi connectivity index (χ0) is 43.2. The Morgan fingerprint density at radius 3 is 0.933 bits per heavy atom. The van der Waals surface area contributed by atoms with Gasteiger partial charge in [-0.25, -0.2) is 0 Å². The van der Waals surface area contributed by atoms with Gasteiger partial charge in [0, 0.05) is 11.1 Å². The maximum atomic E-state index is 14.3. The van der Waals surface area contributed by atoms with E-state index in [1.807, 2.05) is 12.2 Å². The fourth-order valence-corrected chi connectivity index (χ4v) is 10.3. The van der Waals surface area contributed by atoms with E-state index in [4.69, 9.17) is 9.47 Å². The summed E-state index contributed by atoms with van der Waals surface area (Å²) in [5, 5.41) is 0. The smallest absolute Gasteiger partial charge is 0.183 e. The van der Waals surface area contributed by atoms with Crippen LogP contribution in [0.25, 0.3) is 12.2 Å². The minimum absolute atomic E-state index is 0.0614. The molecule has 0 N–H and O–H groups in total. The average molecular weight is 1060 g/mol. The van der Waals surface area contributed by atoms with Gasteiger partial charge in [-0.2, -0.15) is 0 Å². The number of alkyl halides is 2. The summed E-state index contributed by atoms with van der Waals surface area (Å²) in [5.74, 6) is 2.22. The van der Waals surface area contributed by atoms with Crippen LogP contribution < -0.4 is 9.47 Å². The summed E-state index contributed by atoms with van der Waals surface area (Å²) < 4.78 is 13.3. The van der Waals surface area contributed by atoms with Crippen LogP contribution >= 0.6 is 45.2 Å². The Bertz CT molecular complexity index is 1280. The highest BCUT2D eigenvalue weighted by Crippen LogP contribution is 2.47. The number of Topliss-reactive ketones (excluding diaryl/α,β-unsaturated/α-hetero) is 2. The van der Waals surface area contributed by atoms with E-state index in [-0.39, 0.29) is 19.4 Å². The van der Waals surface area contributed by atoms with Crippen LogP contribution in [-0.4, -0.2) is 32.6 Å². The molecule has 1 aromatic carbocycles. The summed E-state index contributed by atoms with van der Waals surface area (Å²) in [6.07, 6.45) is 49.2. The molecule has 4 nitrogen and oxygen atoms in total. The number of carbonyl (C=O) groups is 2. The standard InChI is InChI=1S/C54H88I2O4/c1-5-9-13-17-21-23-27-31-35-43(33-29-25-19-15-11-7-3)41-59-53-45-37-39-48(56)52(58)50(45)54(46-38-40-47(55)51(57)49(46)53)60-42-44(34-30-26-20-16-12-8-4)36-32-28-24-22-18-14-10-6-2/h37-40,43-44,47-48H,5-36,41-42H2,1-4H3. The lowest BCUT2D eigenvalue weighted by Crippen LogP contribution is -2.26. The SMILES string of the molecule is CCCCCCCCCCC(CCCCCCCC)COc1c2c(c(OCC(CCCCCCCC)CCCCCCCCCC)c3c1C(=O)C(I)C=C3)C(=O)C(I)C=C2. The predicted molar refractivity (Wildman–Crippen MR) is 277 cm³/mol. The van der Waals surface area contributed by atoms with Crippen molar-refractivity contribution in [2.45, 2.75) is 241 Å². The van der Waals surface area contributed by atoms with Gasteiger partial charge in [0.05, 0.1) is 32.2 Å². The van der Waals surface area contributed by atoms with Crippen LogP contribution in [0.2, 0.25) is 0 Å². The quantitative estimate of drug-likeness (QED) is 0.0376. The molecule has 0 aromatic heterocycles. The number of carbonyl (C=O) groups excluding carboxylic acids is 2. The number of rotatable bonds is 38. The van der Waals surface area contributed by atoms with Crippen molar-refractivity contribution in [3.63, 3.8) is 0 Å². The van der Waals surface area contributed by atoms with Gasteiger partial charge >= 0.3 is 0 Å². The molecule has 342 valence electrons. The molecule has 0 amide bonds. The summed E-state index contributed by atoms with van der Waals surface area (Å²) in [7, 11) is 0. The molecule has 4 unspecified atom stereocenters. The van der Waals surface area contributed by atoms with Gasteiger partial charge in [0.1, 0.15) is 11.5 Å². The first kappa shape index (κ1) is 53.4. The fraction of sp³-hybridized carbons (Fsp3) is 0.778. The van der Waals surface area contributed by atoms with Crippen molar-refractivity contribution in [1.82, 2.24) is 0 Å². The number of halogens is 2. The molecule has 0 saturated heterocycles. The lowest BCUT2D eigenvalue weighted by molar-refractivity contribution is 0.0981. The van der Waals surface area contributed by atoms with Crippen molar-refractivity contribution in [3.05, 3.63) is 34.4 Å². The van der Waals surface area contributed by atoms with Crippen molar-refractivity contribution in [2.75, 3.05) is 13.2 Å². The molecule has 0 bridgehead atoms. The van der Waals surface area contributed by atoms with Crippen molar-refractivity contribution in [1.29, 1.82) is 0 Å². The molecular formula is C54H88I2O4. The average Bonchev–Trinajstić information content (AvgIpc) is 3.25. The van der Waals surface area contributed by atoms with Gasteiger partial charge in [0.25, 0.3) is 0 Å². The van der Waals surface area contributed by atoms with Crippen molar-refractivity contribution in [3.8, 4) is 11.5 Å². The fourth-order valence-electron chi connectivity index (χ4n) is 9.24. The van der Waals surface area contributed by atoms with E-state index in [0.717, 1.165) is 36.8 Å². The second kappa shape index (κ2) is 33.6. The molecular weight excluding hydrogens is 966 g/mol. The molecule has 0 aliphatic heterocycles. The van der Waals surface area contributed by atoms with Gasteiger partial charge in [-0.1, -0.05) is 277 Å². The maximum absolute atomic E-state index is 14.3. The van der Waals surface area contributed by atoms with Crippen LogP contribution in [0.15, 0.2) is 12.2 Å². The molecule has 2 aliphatic rings. The van der Waals surface area contributed by atoms with Crippen LogP contribution in [0.5, 0.6) is 11.5 Å². The van der Waals surface area contributed by atoms with Crippen LogP contribution in [0.1, 0.15) is 265 Å². The summed E-state index contributed by atoms with van der Waals surface area (Å²) in [6.45, 7) is 10.3. The number of fused-ring (bicyclic) bond motifs is 2. The third-order valence-corrected chi connectivity index (χ3v) is 15.1. The van der Waals surface area contributed by atoms with Gasteiger partial charge in [-0.15, -0.1) is 0 Å². The third-order valence-electron chi connectivity index (χ3n) is 13.1. The number of ether oxygens (including phenoxy) is 2. The first-order chi connectivity index (χ1) is 29.4. The van der Waals surface area contributed by atoms with Crippen LogP contribution in [0.4, 0.5) is 0 Å². The van der Waals surface area contributed by atoms with Crippen LogP contribution in [-0.2, 0) is 0 Å². The molecule has 0 fully saturated rings. The van der Waals surface area contributed by atoms with Gasteiger partial charge < -0.3 is 9.47 Å². The molecule has 4 atom stereocenters. The number of unbranched alkanes of at least 4 members (excludes halogenated alkanes) is 24. The molecule has 0 heterocycles. The predicted octanol–water partition coefficient (Wildman–Crippen LogP) is 18.3. The van der Waals surface area contributed by atoms with Crippen molar-refractivity contribution >= 4 is 68.9 Å². The minimum atomic E-state index is -0.275. The zero-order valence-corrected chi connectivity index (χ0v) is 43.4.